The number of nitrogen functional groups attached to an aromatic ring is 1. The van der Waals surface area contributed by atoms with E-state index in [1.807, 2.05) is 0 Å². The molecule has 3 N–H and O–H groups in total. The molecule has 102 valence electrons. The van der Waals surface area contributed by atoms with Crippen LogP contribution in [-0.2, 0) is 10.0 Å². The molecule has 0 amide bonds. The van der Waals surface area contributed by atoms with Crippen molar-refractivity contribution in [2.24, 2.45) is 0 Å². The lowest BCUT2D eigenvalue weighted by atomic mass is 10.2. The van der Waals surface area contributed by atoms with Crippen LogP contribution in [0.25, 0.3) is 0 Å². The molecule has 8 heteroatoms. The molecular formula is C10H18N4O3S. The van der Waals surface area contributed by atoms with Crippen molar-refractivity contribution in [3.8, 4) is 0 Å². The van der Waals surface area contributed by atoms with E-state index in [1.165, 1.54) is 23.7 Å². The first-order valence-corrected chi connectivity index (χ1v) is 7.07. The molecule has 0 aliphatic heterocycles. The van der Waals surface area contributed by atoms with Gasteiger partial charge in [0.05, 0.1) is 12.4 Å². The van der Waals surface area contributed by atoms with E-state index in [0.717, 1.165) is 6.42 Å². The first-order chi connectivity index (χ1) is 8.48. The molecular weight excluding hydrogens is 256 g/mol. The Hall–Kier alpha value is -1.25. The lowest BCUT2D eigenvalue weighted by molar-refractivity contribution is 0.281. The van der Waals surface area contributed by atoms with Gasteiger partial charge in [0.15, 0.2) is 0 Å². The zero-order valence-electron chi connectivity index (χ0n) is 10.3. The smallest absolute Gasteiger partial charge is 0.245 e. The molecule has 0 saturated carbocycles. The summed E-state index contributed by atoms with van der Waals surface area (Å²) in [5, 5.41) is 8.64. The molecule has 1 heterocycles. The Bertz CT molecular complexity index is 461. The lowest BCUT2D eigenvalue weighted by Gasteiger charge is -2.16. The number of aromatic nitrogens is 2. The van der Waals surface area contributed by atoms with Crippen molar-refractivity contribution in [3.63, 3.8) is 0 Å². The van der Waals surface area contributed by atoms with Crippen LogP contribution in [0.5, 0.6) is 0 Å². The minimum absolute atomic E-state index is 0.0290. The number of aliphatic hydroxyl groups is 1. The Morgan fingerprint density at radius 1 is 1.28 bits per heavy atom. The summed E-state index contributed by atoms with van der Waals surface area (Å²) in [5.41, 5.74) is 5.31. The predicted molar refractivity (Wildman–Crippen MR) is 67.2 cm³/mol. The highest BCUT2D eigenvalue weighted by molar-refractivity contribution is 7.89. The van der Waals surface area contributed by atoms with Crippen LogP contribution in [0.4, 0.5) is 5.95 Å². The van der Waals surface area contributed by atoms with Gasteiger partial charge in [-0.1, -0.05) is 0 Å². The summed E-state index contributed by atoms with van der Waals surface area (Å²) in [6.07, 6.45) is 4.56. The summed E-state index contributed by atoms with van der Waals surface area (Å²) in [7, 11) is -2.05. The number of hydrogen-bond donors (Lipinski definition) is 2. The third-order valence-corrected chi connectivity index (χ3v) is 4.30. The molecule has 0 aliphatic rings. The highest BCUT2D eigenvalue weighted by Gasteiger charge is 2.20. The molecule has 0 bridgehead atoms. The van der Waals surface area contributed by atoms with Crippen molar-refractivity contribution in [3.05, 3.63) is 12.4 Å². The monoisotopic (exact) mass is 274 g/mol. The molecule has 1 aromatic rings. The molecule has 0 aromatic carbocycles. The van der Waals surface area contributed by atoms with Gasteiger partial charge in [-0.2, -0.15) is 0 Å². The summed E-state index contributed by atoms with van der Waals surface area (Å²) in [6.45, 7) is 0.523. The van der Waals surface area contributed by atoms with Gasteiger partial charge in [0.1, 0.15) is 4.90 Å². The number of nitrogens with two attached hydrogens (primary N) is 1. The number of nitrogens with zero attached hydrogens (tertiary/aromatic N) is 3. The van der Waals surface area contributed by atoms with Crippen molar-refractivity contribution in [1.29, 1.82) is 0 Å². The number of aliphatic hydroxyl groups excluding tert-OH is 1. The average molecular weight is 274 g/mol. The molecule has 0 unspecified atom stereocenters. The van der Waals surface area contributed by atoms with Gasteiger partial charge in [-0.25, -0.2) is 22.7 Å². The second kappa shape index (κ2) is 6.62. The summed E-state index contributed by atoms with van der Waals surface area (Å²) >= 11 is 0. The number of sulfonamides is 1. The van der Waals surface area contributed by atoms with Gasteiger partial charge in [-0.05, 0) is 19.3 Å². The Labute approximate surface area is 107 Å². The number of rotatable bonds is 7. The van der Waals surface area contributed by atoms with E-state index >= 15 is 0 Å². The predicted octanol–water partition coefficient (Wildman–Crippen LogP) is -0.158. The summed E-state index contributed by atoms with van der Waals surface area (Å²) < 4.78 is 25.4. The van der Waals surface area contributed by atoms with Gasteiger partial charge in [0, 0.05) is 20.2 Å². The summed E-state index contributed by atoms with van der Waals surface area (Å²) in [4.78, 5) is 7.36. The lowest BCUT2D eigenvalue weighted by Crippen LogP contribution is -2.28. The number of anilines is 1. The quantitative estimate of drug-likeness (QED) is 0.669. The van der Waals surface area contributed by atoms with Crippen LogP contribution in [0, 0.1) is 0 Å². The maximum Gasteiger partial charge on any atom is 0.245 e. The first kappa shape index (κ1) is 14.8. The van der Waals surface area contributed by atoms with Crippen molar-refractivity contribution in [2.75, 3.05) is 25.9 Å². The van der Waals surface area contributed by atoms with Gasteiger partial charge in [0.25, 0.3) is 0 Å². The average Bonchev–Trinajstić information content (AvgIpc) is 2.35. The molecule has 1 aromatic heterocycles. The molecule has 1 rings (SSSR count). The Morgan fingerprint density at radius 3 is 2.44 bits per heavy atom. The van der Waals surface area contributed by atoms with Gasteiger partial charge < -0.3 is 10.8 Å². The van der Waals surface area contributed by atoms with Crippen LogP contribution in [-0.4, -0.2) is 48.0 Å². The molecule has 0 fully saturated rings. The van der Waals surface area contributed by atoms with E-state index in [0.29, 0.717) is 19.4 Å². The fourth-order valence-electron chi connectivity index (χ4n) is 1.38. The maximum atomic E-state index is 12.1. The van der Waals surface area contributed by atoms with Crippen molar-refractivity contribution in [1.82, 2.24) is 14.3 Å². The minimum Gasteiger partial charge on any atom is -0.396 e. The van der Waals surface area contributed by atoms with Crippen molar-refractivity contribution >= 4 is 16.0 Å². The number of unbranched alkanes of at least 4 members (excludes halogenated alkanes) is 2. The van der Waals surface area contributed by atoms with Crippen LogP contribution < -0.4 is 5.73 Å². The second-order valence-electron chi connectivity index (χ2n) is 3.89. The molecule has 0 aliphatic carbocycles. The van der Waals surface area contributed by atoms with E-state index < -0.39 is 10.0 Å². The highest BCUT2D eigenvalue weighted by atomic mass is 32.2. The topological polar surface area (TPSA) is 109 Å². The zero-order chi connectivity index (χ0) is 13.6. The van der Waals surface area contributed by atoms with Crippen molar-refractivity contribution in [2.45, 2.75) is 24.2 Å². The van der Waals surface area contributed by atoms with E-state index in [4.69, 9.17) is 10.8 Å². The van der Waals surface area contributed by atoms with E-state index in [1.54, 1.807) is 0 Å². The van der Waals surface area contributed by atoms with E-state index in [9.17, 15) is 8.42 Å². The largest absolute Gasteiger partial charge is 0.396 e. The minimum atomic E-state index is -3.55. The SMILES string of the molecule is CN(CCCCCO)S(=O)(=O)c1cnc(N)nc1. The summed E-state index contributed by atoms with van der Waals surface area (Å²) in [5.74, 6) is 0.0412. The molecule has 0 spiro atoms. The van der Waals surface area contributed by atoms with Crippen LogP contribution in [0.1, 0.15) is 19.3 Å². The molecule has 0 saturated heterocycles. The van der Waals surface area contributed by atoms with Gasteiger partial charge in [-0.15, -0.1) is 0 Å². The van der Waals surface area contributed by atoms with Gasteiger partial charge in [-0.3, -0.25) is 0 Å². The van der Waals surface area contributed by atoms with Crippen LogP contribution in [0.3, 0.4) is 0 Å². The van der Waals surface area contributed by atoms with E-state index in [2.05, 4.69) is 9.97 Å². The second-order valence-corrected chi connectivity index (χ2v) is 5.93. The van der Waals surface area contributed by atoms with Crippen LogP contribution in [0.15, 0.2) is 17.3 Å². The standard InChI is InChI=1S/C10H18N4O3S/c1-14(5-3-2-4-6-15)18(16,17)9-7-12-10(11)13-8-9/h7-8,15H,2-6H2,1H3,(H2,11,12,13). The zero-order valence-corrected chi connectivity index (χ0v) is 11.1. The maximum absolute atomic E-state index is 12.1. The van der Waals surface area contributed by atoms with Gasteiger partial charge >= 0.3 is 0 Å². The highest BCUT2D eigenvalue weighted by Crippen LogP contribution is 2.13. The van der Waals surface area contributed by atoms with Crippen LogP contribution in [0.2, 0.25) is 0 Å². The Balaban J connectivity index is 2.65. The number of hydrogen-bond acceptors (Lipinski definition) is 6. The molecule has 7 nitrogen and oxygen atoms in total. The molecule has 18 heavy (non-hydrogen) atoms. The third-order valence-electron chi connectivity index (χ3n) is 2.49. The Morgan fingerprint density at radius 2 is 1.89 bits per heavy atom. The van der Waals surface area contributed by atoms with E-state index in [-0.39, 0.29) is 17.5 Å². The Kier molecular flexibility index (Phi) is 5.45. The third kappa shape index (κ3) is 3.90. The fraction of sp³-hybridized carbons (Fsp3) is 0.600. The van der Waals surface area contributed by atoms with Crippen LogP contribution >= 0.6 is 0 Å². The van der Waals surface area contributed by atoms with Crippen molar-refractivity contribution < 1.29 is 13.5 Å². The molecule has 0 atom stereocenters. The van der Waals surface area contributed by atoms with Gasteiger partial charge in [0.2, 0.25) is 16.0 Å². The molecule has 0 radical (unpaired) electrons. The summed E-state index contributed by atoms with van der Waals surface area (Å²) in [6, 6.07) is 0. The first-order valence-electron chi connectivity index (χ1n) is 5.63. The normalized spacial score (nSPS) is 11.9. The fourth-order valence-corrected chi connectivity index (χ4v) is 2.48.